The summed E-state index contributed by atoms with van der Waals surface area (Å²) in [6.07, 6.45) is 2.08. The van der Waals surface area contributed by atoms with Gasteiger partial charge in [-0.2, -0.15) is 4.31 Å². The van der Waals surface area contributed by atoms with Crippen molar-refractivity contribution in [2.75, 3.05) is 19.7 Å². The first-order chi connectivity index (χ1) is 8.04. The highest BCUT2D eigenvalue weighted by Gasteiger charge is 2.31. The standard InChI is InChI=1S/C9H13ClN2O3S2/c1-2-7-6-12(3-4-15-7)17(13,14)8-5-11-9(10)16-8/h5,7H,2-4,6H2,1H3. The second-order valence-electron chi connectivity index (χ2n) is 3.70. The van der Waals surface area contributed by atoms with Gasteiger partial charge >= 0.3 is 0 Å². The van der Waals surface area contributed by atoms with Crippen molar-refractivity contribution in [3.8, 4) is 0 Å². The molecule has 1 aliphatic rings. The van der Waals surface area contributed by atoms with Gasteiger partial charge in [0, 0.05) is 13.1 Å². The van der Waals surface area contributed by atoms with Crippen LogP contribution < -0.4 is 0 Å². The van der Waals surface area contributed by atoms with Crippen molar-refractivity contribution in [3.05, 3.63) is 10.7 Å². The lowest BCUT2D eigenvalue weighted by Gasteiger charge is -2.31. The highest BCUT2D eigenvalue weighted by molar-refractivity contribution is 7.91. The maximum absolute atomic E-state index is 12.2. The van der Waals surface area contributed by atoms with Gasteiger partial charge in [0.1, 0.15) is 0 Å². The molecular weight excluding hydrogens is 284 g/mol. The molecule has 1 aliphatic heterocycles. The molecule has 0 radical (unpaired) electrons. The number of morpholine rings is 1. The molecule has 0 aliphatic carbocycles. The minimum absolute atomic E-state index is 0.0260. The normalized spacial score (nSPS) is 22.8. The van der Waals surface area contributed by atoms with Crippen LogP contribution in [0, 0.1) is 0 Å². The molecule has 1 unspecified atom stereocenters. The van der Waals surface area contributed by atoms with E-state index in [-0.39, 0.29) is 14.8 Å². The number of thiazole rings is 1. The van der Waals surface area contributed by atoms with Gasteiger partial charge in [0.05, 0.1) is 18.9 Å². The molecule has 1 aromatic heterocycles. The summed E-state index contributed by atoms with van der Waals surface area (Å²) in [5.41, 5.74) is 0. The van der Waals surface area contributed by atoms with Crippen LogP contribution >= 0.6 is 22.9 Å². The Morgan fingerprint density at radius 1 is 1.71 bits per heavy atom. The third kappa shape index (κ3) is 2.79. The Bertz CT molecular complexity index is 488. The number of nitrogens with zero attached hydrogens (tertiary/aromatic N) is 2. The Labute approximate surface area is 109 Å². The molecule has 1 fully saturated rings. The van der Waals surface area contributed by atoms with Crippen LogP contribution in [0.5, 0.6) is 0 Å². The smallest absolute Gasteiger partial charge is 0.254 e. The fraction of sp³-hybridized carbons (Fsp3) is 0.667. The van der Waals surface area contributed by atoms with Gasteiger partial charge in [-0.25, -0.2) is 13.4 Å². The van der Waals surface area contributed by atoms with Crippen molar-refractivity contribution in [1.82, 2.24) is 9.29 Å². The first-order valence-electron chi connectivity index (χ1n) is 5.27. The van der Waals surface area contributed by atoms with Crippen molar-refractivity contribution in [3.63, 3.8) is 0 Å². The van der Waals surface area contributed by atoms with E-state index in [9.17, 15) is 8.42 Å². The maximum Gasteiger partial charge on any atom is 0.254 e. The van der Waals surface area contributed by atoms with Crippen LogP contribution in [0.3, 0.4) is 0 Å². The Hall–Kier alpha value is -0.210. The highest BCUT2D eigenvalue weighted by Crippen LogP contribution is 2.26. The van der Waals surface area contributed by atoms with Crippen LogP contribution in [0.2, 0.25) is 4.47 Å². The molecule has 1 atom stereocenters. The topological polar surface area (TPSA) is 59.5 Å². The molecular formula is C9H13ClN2O3S2. The summed E-state index contributed by atoms with van der Waals surface area (Å²) in [6, 6.07) is 0. The van der Waals surface area contributed by atoms with Gasteiger partial charge in [-0.15, -0.1) is 0 Å². The van der Waals surface area contributed by atoms with Gasteiger partial charge in [0.15, 0.2) is 8.68 Å². The third-order valence-corrected chi connectivity index (χ3v) is 6.02. The zero-order valence-electron chi connectivity index (χ0n) is 9.30. The molecule has 2 heterocycles. The summed E-state index contributed by atoms with van der Waals surface area (Å²) >= 11 is 6.64. The van der Waals surface area contributed by atoms with Gasteiger partial charge in [0.2, 0.25) is 0 Å². The van der Waals surface area contributed by atoms with Crippen molar-refractivity contribution < 1.29 is 13.2 Å². The highest BCUT2D eigenvalue weighted by atomic mass is 35.5. The average molecular weight is 297 g/mol. The van der Waals surface area contributed by atoms with Gasteiger partial charge in [-0.1, -0.05) is 29.9 Å². The predicted molar refractivity (Wildman–Crippen MR) is 65.9 cm³/mol. The summed E-state index contributed by atoms with van der Waals surface area (Å²) in [6.45, 7) is 3.19. The molecule has 0 spiro atoms. The molecule has 8 heteroatoms. The molecule has 0 bridgehead atoms. The van der Waals surface area contributed by atoms with Crippen LogP contribution in [0.1, 0.15) is 13.3 Å². The Kier molecular flexibility index (Phi) is 4.04. The Morgan fingerprint density at radius 2 is 2.47 bits per heavy atom. The molecule has 1 saturated heterocycles. The first kappa shape index (κ1) is 13.2. The molecule has 96 valence electrons. The summed E-state index contributed by atoms with van der Waals surface area (Å²) in [7, 11) is -3.46. The van der Waals surface area contributed by atoms with E-state index in [2.05, 4.69) is 4.98 Å². The van der Waals surface area contributed by atoms with Crippen molar-refractivity contribution in [2.45, 2.75) is 23.7 Å². The predicted octanol–water partition coefficient (Wildman–Crippen LogP) is 1.60. The number of aromatic nitrogens is 1. The number of ether oxygens (including phenoxy) is 1. The lowest BCUT2D eigenvalue weighted by Crippen LogP contribution is -2.45. The minimum Gasteiger partial charge on any atom is -0.375 e. The van der Waals surface area contributed by atoms with Crippen molar-refractivity contribution in [2.24, 2.45) is 0 Å². The van der Waals surface area contributed by atoms with E-state index in [1.165, 1.54) is 10.5 Å². The molecule has 2 rings (SSSR count). The molecule has 17 heavy (non-hydrogen) atoms. The summed E-state index contributed by atoms with van der Waals surface area (Å²) < 4.78 is 31.8. The van der Waals surface area contributed by atoms with E-state index in [0.717, 1.165) is 17.8 Å². The maximum atomic E-state index is 12.2. The molecule has 0 saturated carbocycles. The van der Waals surface area contributed by atoms with E-state index in [0.29, 0.717) is 19.7 Å². The quantitative estimate of drug-likeness (QED) is 0.850. The largest absolute Gasteiger partial charge is 0.375 e. The monoisotopic (exact) mass is 296 g/mol. The second-order valence-corrected chi connectivity index (χ2v) is 7.47. The lowest BCUT2D eigenvalue weighted by molar-refractivity contribution is -0.00272. The number of hydrogen-bond donors (Lipinski definition) is 0. The van der Waals surface area contributed by atoms with Crippen LogP contribution in [-0.2, 0) is 14.8 Å². The summed E-state index contributed by atoms with van der Waals surface area (Å²) in [5.74, 6) is 0. The zero-order chi connectivity index (χ0) is 12.5. The van der Waals surface area contributed by atoms with Gasteiger partial charge in [-0.05, 0) is 6.42 Å². The SMILES string of the molecule is CCC1CN(S(=O)(=O)c2cnc(Cl)s2)CCO1. The van der Waals surface area contributed by atoms with Gasteiger partial charge < -0.3 is 4.74 Å². The fourth-order valence-electron chi connectivity index (χ4n) is 1.64. The number of sulfonamides is 1. The van der Waals surface area contributed by atoms with E-state index in [1.807, 2.05) is 6.92 Å². The minimum atomic E-state index is -3.46. The molecule has 1 aromatic rings. The summed E-state index contributed by atoms with van der Waals surface area (Å²) in [4.78, 5) is 3.76. The summed E-state index contributed by atoms with van der Waals surface area (Å²) in [5, 5.41) is 0. The fourth-order valence-corrected chi connectivity index (χ4v) is 4.55. The number of rotatable bonds is 3. The molecule has 5 nitrogen and oxygen atoms in total. The Morgan fingerprint density at radius 3 is 3.06 bits per heavy atom. The van der Waals surface area contributed by atoms with Crippen LogP contribution in [0.4, 0.5) is 0 Å². The van der Waals surface area contributed by atoms with E-state index in [1.54, 1.807) is 0 Å². The van der Waals surface area contributed by atoms with E-state index < -0.39 is 10.0 Å². The van der Waals surface area contributed by atoms with E-state index >= 15 is 0 Å². The van der Waals surface area contributed by atoms with Crippen molar-refractivity contribution in [1.29, 1.82) is 0 Å². The van der Waals surface area contributed by atoms with Gasteiger partial charge in [-0.3, -0.25) is 0 Å². The number of hydrogen-bond acceptors (Lipinski definition) is 5. The van der Waals surface area contributed by atoms with Crippen LogP contribution in [0.15, 0.2) is 10.4 Å². The zero-order valence-corrected chi connectivity index (χ0v) is 11.7. The average Bonchev–Trinajstić information content (AvgIpc) is 2.76. The second kappa shape index (κ2) is 5.19. The third-order valence-electron chi connectivity index (χ3n) is 2.61. The molecule has 0 amide bonds. The van der Waals surface area contributed by atoms with E-state index in [4.69, 9.17) is 16.3 Å². The van der Waals surface area contributed by atoms with Crippen LogP contribution in [-0.4, -0.2) is 43.5 Å². The van der Waals surface area contributed by atoms with Crippen molar-refractivity contribution >= 4 is 33.0 Å². The first-order valence-corrected chi connectivity index (χ1v) is 7.90. The number of halogens is 1. The van der Waals surface area contributed by atoms with Crippen LogP contribution in [0.25, 0.3) is 0 Å². The lowest BCUT2D eigenvalue weighted by atomic mass is 10.2. The van der Waals surface area contributed by atoms with Gasteiger partial charge in [0.25, 0.3) is 10.0 Å². The Balaban J connectivity index is 2.21. The molecule has 0 N–H and O–H groups in total. The molecule has 0 aromatic carbocycles.